The number of likely N-dealkylation sites (N-methyl/N-ethyl adjacent to an activating group) is 1. The van der Waals surface area contributed by atoms with Gasteiger partial charge in [0.05, 0.1) is 12.7 Å². The van der Waals surface area contributed by atoms with E-state index in [1.807, 2.05) is 6.07 Å². The van der Waals surface area contributed by atoms with Gasteiger partial charge in [-0.3, -0.25) is 4.90 Å². The first-order valence-electron chi connectivity index (χ1n) is 5.95. The van der Waals surface area contributed by atoms with Crippen molar-refractivity contribution in [1.29, 1.82) is 0 Å². The average Bonchev–Trinajstić information content (AvgIpc) is 2.38. The van der Waals surface area contributed by atoms with Crippen molar-refractivity contribution >= 4 is 11.6 Å². The molecule has 0 spiro atoms. The lowest BCUT2D eigenvalue weighted by atomic mass is 10.2. The molecule has 94 valence electrons. The molecule has 0 radical (unpaired) electrons. The van der Waals surface area contributed by atoms with Gasteiger partial charge < -0.3 is 15.8 Å². The van der Waals surface area contributed by atoms with Gasteiger partial charge in [-0.05, 0) is 18.7 Å². The maximum atomic E-state index is 5.68. The predicted molar refractivity (Wildman–Crippen MR) is 66.8 cm³/mol. The summed E-state index contributed by atoms with van der Waals surface area (Å²) < 4.78 is 5.68. The van der Waals surface area contributed by atoms with E-state index < -0.39 is 0 Å². The topological polar surface area (TPSA) is 76.3 Å². The van der Waals surface area contributed by atoms with Gasteiger partial charge in [-0.1, -0.05) is 6.92 Å². The van der Waals surface area contributed by atoms with Crippen LogP contribution in [0, 0.1) is 0 Å². The lowest BCUT2D eigenvalue weighted by Crippen LogP contribution is -2.45. The molecule has 0 amide bonds. The van der Waals surface area contributed by atoms with E-state index in [-0.39, 0.29) is 6.10 Å². The van der Waals surface area contributed by atoms with Gasteiger partial charge in [-0.2, -0.15) is 0 Å². The van der Waals surface area contributed by atoms with E-state index >= 15 is 0 Å². The van der Waals surface area contributed by atoms with Crippen molar-refractivity contribution in [3.05, 3.63) is 12.1 Å². The zero-order chi connectivity index (χ0) is 12.1. The SMILES string of the molecule is CCN1CCOC(CNc2ccc(N)nn2)C1. The standard InChI is InChI=1S/C11H19N5O/c1-2-16-5-6-17-9(8-16)7-13-11-4-3-10(12)14-15-11/h3-4,9H,2,5-8H2,1H3,(H2,12,14)(H,13,15). The molecule has 1 aromatic heterocycles. The maximum Gasteiger partial charge on any atom is 0.148 e. The Morgan fingerprint density at radius 2 is 2.41 bits per heavy atom. The molecule has 1 aliphatic rings. The van der Waals surface area contributed by atoms with E-state index in [4.69, 9.17) is 10.5 Å². The highest BCUT2D eigenvalue weighted by atomic mass is 16.5. The summed E-state index contributed by atoms with van der Waals surface area (Å²) in [4.78, 5) is 2.38. The Balaban J connectivity index is 1.79. The Kier molecular flexibility index (Phi) is 4.11. The molecule has 0 aromatic carbocycles. The molecular weight excluding hydrogens is 218 g/mol. The van der Waals surface area contributed by atoms with Crippen molar-refractivity contribution in [3.63, 3.8) is 0 Å². The van der Waals surface area contributed by atoms with Crippen molar-refractivity contribution in [1.82, 2.24) is 15.1 Å². The van der Waals surface area contributed by atoms with Crippen LogP contribution < -0.4 is 11.1 Å². The van der Waals surface area contributed by atoms with Gasteiger partial charge in [0.15, 0.2) is 0 Å². The minimum atomic E-state index is 0.211. The van der Waals surface area contributed by atoms with Crippen molar-refractivity contribution in [3.8, 4) is 0 Å². The number of nitrogen functional groups attached to an aromatic ring is 1. The van der Waals surface area contributed by atoms with Crippen molar-refractivity contribution in [2.45, 2.75) is 13.0 Å². The minimum absolute atomic E-state index is 0.211. The molecule has 1 aliphatic heterocycles. The van der Waals surface area contributed by atoms with E-state index in [2.05, 4.69) is 27.3 Å². The second-order valence-corrected chi connectivity index (χ2v) is 4.11. The van der Waals surface area contributed by atoms with E-state index in [9.17, 15) is 0 Å². The lowest BCUT2D eigenvalue weighted by Gasteiger charge is -2.32. The lowest BCUT2D eigenvalue weighted by molar-refractivity contribution is -0.0192. The number of nitrogens with one attached hydrogen (secondary N) is 1. The Hall–Kier alpha value is -1.40. The molecule has 3 N–H and O–H groups in total. The van der Waals surface area contributed by atoms with Crippen LogP contribution >= 0.6 is 0 Å². The number of rotatable bonds is 4. The number of anilines is 2. The van der Waals surface area contributed by atoms with Crippen LogP contribution in [0.1, 0.15) is 6.92 Å². The fourth-order valence-corrected chi connectivity index (χ4v) is 1.85. The van der Waals surface area contributed by atoms with Crippen LogP contribution in [0.3, 0.4) is 0 Å². The average molecular weight is 237 g/mol. The summed E-state index contributed by atoms with van der Waals surface area (Å²) in [6.07, 6.45) is 0.211. The van der Waals surface area contributed by atoms with E-state index in [1.54, 1.807) is 6.07 Å². The second-order valence-electron chi connectivity index (χ2n) is 4.11. The molecule has 1 saturated heterocycles. The fraction of sp³-hybridized carbons (Fsp3) is 0.636. The van der Waals surface area contributed by atoms with Crippen LogP contribution in [0.15, 0.2) is 12.1 Å². The summed E-state index contributed by atoms with van der Waals surface area (Å²) in [5, 5.41) is 10.9. The quantitative estimate of drug-likeness (QED) is 0.778. The zero-order valence-corrected chi connectivity index (χ0v) is 10.1. The molecule has 6 heteroatoms. The summed E-state index contributed by atoms with van der Waals surface area (Å²) in [5.74, 6) is 1.16. The maximum absolute atomic E-state index is 5.68. The van der Waals surface area contributed by atoms with Crippen LogP contribution in [0.4, 0.5) is 11.6 Å². The van der Waals surface area contributed by atoms with Crippen molar-refractivity contribution in [2.75, 3.05) is 43.8 Å². The molecule has 17 heavy (non-hydrogen) atoms. The van der Waals surface area contributed by atoms with Crippen LogP contribution in [-0.2, 0) is 4.74 Å². The summed E-state index contributed by atoms with van der Waals surface area (Å²) in [6.45, 7) is 6.77. The molecule has 0 bridgehead atoms. The summed E-state index contributed by atoms with van der Waals surface area (Å²) >= 11 is 0. The van der Waals surface area contributed by atoms with Gasteiger partial charge >= 0.3 is 0 Å². The number of hydrogen-bond donors (Lipinski definition) is 2. The first kappa shape index (κ1) is 12.1. The first-order chi connectivity index (χ1) is 8.28. The van der Waals surface area contributed by atoms with Gasteiger partial charge in [-0.25, -0.2) is 0 Å². The number of aromatic nitrogens is 2. The monoisotopic (exact) mass is 237 g/mol. The largest absolute Gasteiger partial charge is 0.382 e. The minimum Gasteiger partial charge on any atom is -0.382 e. The number of nitrogens with zero attached hydrogens (tertiary/aromatic N) is 3. The van der Waals surface area contributed by atoms with Gasteiger partial charge in [0.1, 0.15) is 11.6 Å². The highest BCUT2D eigenvalue weighted by Gasteiger charge is 2.18. The third kappa shape index (κ3) is 3.54. The van der Waals surface area contributed by atoms with Crippen LogP contribution in [0.25, 0.3) is 0 Å². The van der Waals surface area contributed by atoms with Crippen LogP contribution in [0.2, 0.25) is 0 Å². The molecule has 6 nitrogen and oxygen atoms in total. The van der Waals surface area contributed by atoms with E-state index in [1.165, 1.54) is 0 Å². The fourth-order valence-electron chi connectivity index (χ4n) is 1.85. The van der Waals surface area contributed by atoms with Crippen molar-refractivity contribution in [2.24, 2.45) is 0 Å². The number of hydrogen-bond acceptors (Lipinski definition) is 6. The van der Waals surface area contributed by atoms with E-state index in [0.29, 0.717) is 5.82 Å². The van der Waals surface area contributed by atoms with Gasteiger partial charge in [-0.15, -0.1) is 10.2 Å². The molecule has 1 unspecified atom stereocenters. The van der Waals surface area contributed by atoms with Gasteiger partial charge in [0, 0.05) is 19.6 Å². The normalized spacial score (nSPS) is 21.4. The highest BCUT2D eigenvalue weighted by molar-refractivity contribution is 5.38. The van der Waals surface area contributed by atoms with Crippen molar-refractivity contribution < 1.29 is 4.74 Å². The Morgan fingerprint density at radius 1 is 1.53 bits per heavy atom. The zero-order valence-electron chi connectivity index (χ0n) is 10.1. The molecule has 2 heterocycles. The Bertz CT molecular complexity index is 342. The summed E-state index contributed by atoms with van der Waals surface area (Å²) in [5.41, 5.74) is 5.47. The van der Waals surface area contributed by atoms with Crippen LogP contribution in [-0.4, -0.2) is 54.0 Å². The number of ether oxygens (including phenoxy) is 1. The van der Waals surface area contributed by atoms with Crippen LogP contribution in [0.5, 0.6) is 0 Å². The molecule has 1 fully saturated rings. The highest BCUT2D eigenvalue weighted by Crippen LogP contribution is 2.07. The molecular formula is C11H19N5O. The van der Waals surface area contributed by atoms with Gasteiger partial charge in [0.2, 0.25) is 0 Å². The predicted octanol–water partition coefficient (Wildman–Crippen LogP) is 0.191. The Labute approximate surface area is 101 Å². The summed E-state index contributed by atoms with van der Waals surface area (Å²) in [6, 6.07) is 3.55. The summed E-state index contributed by atoms with van der Waals surface area (Å²) in [7, 11) is 0. The third-order valence-corrected chi connectivity index (χ3v) is 2.87. The Morgan fingerprint density at radius 3 is 3.12 bits per heavy atom. The smallest absolute Gasteiger partial charge is 0.148 e. The molecule has 1 aromatic rings. The van der Waals surface area contributed by atoms with Gasteiger partial charge in [0.25, 0.3) is 0 Å². The first-order valence-corrected chi connectivity index (χ1v) is 5.95. The molecule has 0 saturated carbocycles. The van der Waals surface area contributed by atoms with E-state index in [0.717, 1.165) is 38.6 Å². The second kappa shape index (κ2) is 5.79. The third-order valence-electron chi connectivity index (χ3n) is 2.87. The molecule has 1 atom stereocenters. The number of nitrogens with two attached hydrogens (primary N) is 1. The molecule has 2 rings (SSSR count). The number of morpholine rings is 1. The molecule has 0 aliphatic carbocycles.